The lowest BCUT2D eigenvalue weighted by Gasteiger charge is -2.39. The summed E-state index contributed by atoms with van der Waals surface area (Å²) in [5, 5.41) is 56.3. The second kappa shape index (κ2) is 19.6. The number of carbonyl (C=O) groups is 6. The molecule has 2 saturated heterocycles. The summed E-state index contributed by atoms with van der Waals surface area (Å²) in [6, 6.07) is 1.26. The normalized spacial score (nSPS) is 26.4. The minimum atomic E-state index is -1.96. The Morgan fingerprint density at radius 2 is 1.56 bits per heavy atom. The summed E-state index contributed by atoms with van der Waals surface area (Å²) in [5.74, 6) is -6.61. The maximum Gasteiger partial charge on any atom is 0.326 e. The molecule has 0 unspecified atom stereocenters. The highest BCUT2D eigenvalue weighted by Gasteiger charge is 2.48. The Labute approximate surface area is 287 Å². The van der Waals surface area contributed by atoms with Crippen molar-refractivity contribution >= 4 is 35.6 Å². The smallest absolute Gasteiger partial charge is 0.326 e. The van der Waals surface area contributed by atoms with Crippen molar-refractivity contribution < 1.29 is 73.2 Å². The summed E-state index contributed by atoms with van der Waals surface area (Å²) >= 11 is 0. The first-order chi connectivity index (χ1) is 23.8. The highest BCUT2D eigenvalue weighted by Crippen LogP contribution is 2.23. The monoisotopic (exact) mass is 711 g/mol. The molecular formula is C32H45N3O15. The molecule has 278 valence electrons. The molecule has 50 heavy (non-hydrogen) atoms. The van der Waals surface area contributed by atoms with Crippen molar-refractivity contribution in [2.75, 3.05) is 19.8 Å². The van der Waals surface area contributed by atoms with E-state index in [1.54, 1.807) is 24.3 Å². The van der Waals surface area contributed by atoms with Crippen LogP contribution in [-0.4, -0.2) is 130 Å². The van der Waals surface area contributed by atoms with Gasteiger partial charge in [-0.3, -0.25) is 24.0 Å². The number of aliphatic carboxylic acids is 2. The molecule has 3 rings (SSSR count). The largest absolute Gasteiger partial charge is 0.494 e. The number of nitrogens with one attached hydrogen (secondary N) is 3. The fourth-order valence-electron chi connectivity index (χ4n) is 5.13. The van der Waals surface area contributed by atoms with Gasteiger partial charge < -0.3 is 60.4 Å². The van der Waals surface area contributed by atoms with E-state index in [2.05, 4.69) is 22.9 Å². The van der Waals surface area contributed by atoms with Gasteiger partial charge in [0.05, 0.1) is 13.0 Å². The molecule has 1 aromatic rings. The Morgan fingerprint density at radius 3 is 2.20 bits per heavy atom. The van der Waals surface area contributed by atoms with Crippen LogP contribution in [0.5, 0.6) is 11.5 Å². The maximum atomic E-state index is 13.5. The van der Waals surface area contributed by atoms with Crippen LogP contribution in [0, 0.1) is 0 Å². The molecule has 8 N–H and O–H groups in total. The summed E-state index contributed by atoms with van der Waals surface area (Å²) in [5.41, 5.74) is 0. The predicted octanol–water partition coefficient (Wildman–Crippen LogP) is -1.38. The number of fused-ring (bicyclic) bond motifs is 2. The molecule has 2 aliphatic rings. The van der Waals surface area contributed by atoms with Crippen LogP contribution in [0.1, 0.15) is 58.3 Å². The maximum absolute atomic E-state index is 13.5. The van der Waals surface area contributed by atoms with Gasteiger partial charge in [0.15, 0.2) is 6.10 Å². The van der Waals surface area contributed by atoms with Gasteiger partial charge in [-0.2, -0.15) is 0 Å². The van der Waals surface area contributed by atoms with E-state index in [0.29, 0.717) is 12.4 Å². The minimum absolute atomic E-state index is 0.249. The fraction of sp³-hybridized carbons (Fsp3) is 0.625. The van der Waals surface area contributed by atoms with Crippen LogP contribution in [0.3, 0.4) is 0 Å². The first kappa shape index (κ1) is 39.9. The molecule has 1 aromatic carbocycles. The molecule has 18 nitrogen and oxygen atoms in total. The number of carboxylic acids is 2. The molecule has 0 radical (unpaired) electrons. The van der Waals surface area contributed by atoms with E-state index < -0.39 is 117 Å². The zero-order valence-corrected chi connectivity index (χ0v) is 27.5. The Bertz CT molecular complexity index is 1330. The van der Waals surface area contributed by atoms with Gasteiger partial charge in [0.2, 0.25) is 11.8 Å². The number of rotatable bonds is 16. The molecule has 2 bridgehead atoms. The van der Waals surface area contributed by atoms with Crippen molar-refractivity contribution in [3.63, 3.8) is 0 Å². The average Bonchev–Trinajstić information content (AvgIpc) is 3.08. The van der Waals surface area contributed by atoms with Crippen LogP contribution >= 0.6 is 0 Å². The summed E-state index contributed by atoms with van der Waals surface area (Å²) < 4.78 is 22.0. The van der Waals surface area contributed by atoms with Crippen molar-refractivity contribution in [3.05, 3.63) is 24.3 Å². The molecule has 0 saturated carbocycles. The van der Waals surface area contributed by atoms with Crippen LogP contribution in [0.4, 0.5) is 0 Å². The van der Waals surface area contributed by atoms with Gasteiger partial charge in [-0.25, -0.2) is 4.79 Å². The van der Waals surface area contributed by atoms with Crippen molar-refractivity contribution in [2.45, 2.75) is 107 Å². The number of esters is 1. The fourth-order valence-corrected chi connectivity index (χ4v) is 5.13. The zero-order chi connectivity index (χ0) is 36.8. The Balaban J connectivity index is 1.80. The first-order valence-electron chi connectivity index (χ1n) is 16.4. The Hall–Kier alpha value is -4.52. The van der Waals surface area contributed by atoms with E-state index in [-0.39, 0.29) is 5.75 Å². The molecular weight excluding hydrogens is 666 g/mol. The number of carboxylic acid groups (broad SMARTS) is 2. The lowest BCUT2D eigenvalue weighted by molar-refractivity contribution is -0.229. The second-order valence-corrected chi connectivity index (χ2v) is 12.0. The van der Waals surface area contributed by atoms with Gasteiger partial charge in [0.1, 0.15) is 67.3 Å². The number of ether oxygens (including phenoxy) is 4. The van der Waals surface area contributed by atoms with Crippen LogP contribution in [0.2, 0.25) is 0 Å². The lowest BCUT2D eigenvalue weighted by atomic mass is 9.94. The quantitative estimate of drug-likeness (QED) is 0.0725. The highest BCUT2D eigenvalue weighted by molar-refractivity contribution is 5.96. The zero-order valence-electron chi connectivity index (χ0n) is 27.5. The van der Waals surface area contributed by atoms with Gasteiger partial charge in [-0.15, -0.1) is 0 Å². The Morgan fingerprint density at radius 1 is 0.900 bits per heavy atom. The van der Waals surface area contributed by atoms with Gasteiger partial charge in [-0.1, -0.05) is 32.6 Å². The number of cyclic esters (lactones) is 1. The first-order valence-corrected chi connectivity index (χ1v) is 16.4. The van der Waals surface area contributed by atoms with E-state index in [0.717, 1.165) is 32.1 Å². The molecule has 2 aliphatic heterocycles. The van der Waals surface area contributed by atoms with Gasteiger partial charge >= 0.3 is 17.9 Å². The number of benzene rings is 1. The van der Waals surface area contributed by atoms with Crippen LogP contribution < -0.4 is 25.4 Å². The molecule has 3 amide bonds. The summed E-state index contributed by atoms with van der Waals surface area (Å²) in [6.45, 7) is 1.35. The van der Waals surface area contributed by atoms with Crippen molar-refractivity contribution in [3.8, 4) is 11.5 Å². The third kappa shape index (κ3) is 12.1. The predicted molar refractivity (Wildman–Crippen MR) is 169 cm³/mol. The minimum Gasteiger partial charge on any atom is -0.494 e. The van der Waals surface area contributed by atoms with E-state index in [4.69, 9.17) is 24.1 Å². The molecule has 0 aromatic heterocycles. The van der Waals surface area contributed by atoms with Crippen molar-refractivity contribution in [2.24, 2.45) is 0 Å². The molecule has 2 heterocycles. The molecule has 8 atom stereocenters. The molecule has 0 aliphatic carbocycles. The van der Waals surface area contributed by atoms with Crippen LogP contribution in [0.25, 0.3) is 0 Å². The van der Waals surface area contributed by atoms with Gasteiger partial charge in [-0.05, 0) is 37.1 Å². The molecule has 18 heteroatoms. The van der Waals surface area contributed by atoms with Gasteiger partial charge in [0.25, 0.3) is 5.91 Å². The van der Waals surface area contributed by atoms with Crippen LogP contribution in [0.15, 0.2) is 24.3 Å². The second-order valence-electron chi connectivity index (χ2n) is 12.0. The number of aliphatic hydroxyl groups excluding tert-OH is 3. The third-order valence-electron chi connectivity index (χ3n) is 8.03. The number of amides is 3. The highest BCUT2D eigenvalue weighted by atomic mass is 16.6. The van der Waals surface area contributed by atoms with Crippen molar-refractivity contribution in [1.29, 1.82) is 0 Å². The van der Waals surface area contributed by atoms with E-state index in [1.165, 1.54) is 0 Å². The summed E-state index contributed by atoms with van der Waals surface area (Å²) in [7, 11) is 0. The van der Waals surface area contributed by atoms with E-state index in [1.807, 2.05) is 0 Å². The summed E-state index contributed by atoms with van der Waals surface area (Å²) in [6.07, 6.45) is -5.67. The molecule has 2 fully saturated rings. The standard InChI is InChI=1S/C32H45N3O15/c1-2-3-4-5-6-13-47-17-7-9-18(10-8-17)48-15-21-30(43)34-20(29(42)33-19(32(45)46)11-12-23(36)37)14-24(38)49-16-22-25(39)26(40)27(41)28(50-22)31(44)35-21/h7-10,19-22,25-28,39-41H,2-6,11-16H2,1H3,(H,33,42)(H,34,43)(H,35,44)(H,36,37)(H,45,46)/t19-,20-,21+,22-,25+,26+,27-,28+/m0/s1. The number of aliphatic hydroxyl groups is 3. The number of hydrogen-bond donors (Lipinski definition) is 8. The SMILES string of the molecule is CCCCCCCOc1ccc(OC[C@H]2NC(=O)[C@@H]3O[C@@H](COC(=O)C[C@@H](C(=O)N[C@@H](CCC(=O)O)C(=O)O)NC2=O)[C@@H](O)[C@@H](O)[C@@H]3O)cc1. The lowest BCUT2D eigenvalue weighted by Crippen LogP contribution is -2.64. The van der Waals surface area contributed by atoms with E-state index in [9.17, 15) is 49.2 Å². The molecule has 0 spiro atoms. The van der Waals surface area contributed by atoms with Gasteiger partial charge in [0, 0.05) is 6.42 Å². The topological polar surface area (TPSA) is 277 Å². The average molecular weight is 712 g/mol. The van der Waals surface area contributed by atoms with E-state index >= 15 is 0 Å². The van der Waals surface area contributed by atoms with Crippen molar-refractivity contribution in [1.82, 2.24) is 16.0 Å². The number of hydrogen-bond acceptors (Lipinski definition) is 13. The van der Waals surface area contributed by atoms with Crippen LogP contribution in [-0.2, 0) is 38.2 Å². The number of carbonyl (C=O) groups excluding carboxylic acids is 4. The number of unbranched alkanes of at least 4 members (excludes halogenated alkanes) is 4. The Kier molecular flexibility index (Phi) is 15.7. The summed E-state index contributed by atoms with van der Waals surface area (Å²) in [4.78, 5) is 75.4. The third-order valence-corrected chi connectivity index (χ3v) is 8.03.